The van der Waals surface area contributed by atoms with E-state index in [0.717, 1.165) is 32.2 Å². The maximum Gasteiger partial charge on any atom is 0.237 e. The number of amides is 1. The summed E-state index contributed by atoms with van der Waals surface area (Å²) in [4.78, 5) is 14.4. The average molecular weight is 333 g/mol. The molecule has 1 aliphatic rings. The molecule has 0 bridgehead atoms. The van der Waals surface area contributed by atoms with E-state index in [1.807, 2.05) is 25.1 Å². The van der Waals surface area contributed by atoms with Crippen molar-refractivity contribution in [2.45, 2.75) is 37.8 Å². The lowest BCUT2D eigenvalue weighted by Gasteiger charge is -2.31. The highest BCUT2D eigenvalue weighted by Crippen LogP contribution is 2.22. The second-order valence-electron chi connectivity index (χ2n) is 7.07. The molecule has 1 saturated heterocycles. The average Bonchev–Trinajstić information content (AvgIpc) is 2.60. The van der Waals surface area contributed by atoms with Gasteiger partial charge in [-0.3, -0.25) is 4.79 Å². The number of nitrogens with one attached hydrogen (secondary N) is 2. The van der Waals surface area contributed by atoms with E-state index in [9.17, 15) is 9.90 Å². The van der Waals surface area contributed by atoms with E-state index in [-0.39, 0.29) is 24.6 Å². The molecule has 5 nitrogen and oxygen atoms in total. The van der Waals surface area contributed by atoms with Crippen LogP contribution in [-0.4, -0.2) is 61.8 Å². The Kier molecular flexibility index (Phi) is 7.69. The van der Waals surface area contributed by atoms with Crippen molar-refractivity contribution in [3.63, 3.8) is 0 Å². The van der Waals surface area contributed by atoms with Gasteiger partial charge in [0.1, 0.15) is 0 Å². The maximum absolute atomic E-state index is 12.5. The lowest BCUT2D eigenvalue weighted by molar-refractivity contribution is -0.125. The summed E-state index contributed by atoms with van der Waals surface area (Å²) >= 11 is 0. The fourth-order valence-corrected chi connectivity index (χ4v) is 3.37. The minimum atomic E-state index is -0.209. The molecule has 3 N–H and O–H groups in total. The standard InChI is InChI=1S/C19H31N3O2/c1-22(2)13-17(14-23)21-19(24)18-12-16(10-11-20-18)9-8-15-6-4-3-5-7-15/h3-7,16-18,20,23H,8-14H2,1-2H3,(H,21,24)/t16?,17-,18?/m0/s1. The molecule has 1 amide bonds. The van der Waals surface area contributed by atoms with Crippen molar-refractivity contribution in [2.24, 2.45) is 5.92 Å². The fraction of sp³-hybridized carbons (Fsp3) is 0.632. The third-order valence-corrected chi connectivity index (χ3v) is 4.67. The van der Waals surface area contributed by atoms with Crippen molar-refractivity contribution in [1.82, 2.24) is 15.5 Å². The van der Waals surface area contributed by atoms with Gasteiger partial charge in [0.05, 0.1) is 18.7 Å². The molecule has 0 aliphatic carbocycles. The van der Waals surface area contributed by atoms with Crippen LogP contribution in [0.4, 0.5) is 0 Å². The number of aliphatic hydroxyl groups is 1. The molecular formula is C19H31N3O2. The van der Waals surface area contributed by atoms with Crippen molar-refractivity contribution in [3.05, 3.63) is 35.9 Å². The van der Waals surface area contributed by atoms with E-state index in [2.05, 4.69) is 34.9 Å². The molecule has 1 aromatic carbocycles. The summed E-state index contributed by atoms with van der Waals surface area (Å²) < 4.78 is 0. The molecular weight excluding hydrogens is 302 g/mol. The van der Waals surface area contributed by atoms with Gasteiger partial charge in [-0.05, 0) is 57.8 Å². The summed E-state index contributed by atoms with van der Waals surface area (Å²) in [6.45, 7) is 1.50. The molecule has 24 heavy (non-hydrogen) atoms. The minimum absolute atomic E-state index is 0.0142. The molecule has 0 aromatic heterocycles. The molecule has 1 fully saturated rings. The lowest BCUT2D eigenvalue weighted by atomic mass is 9.87. The molecule has 1 heterocycles. The summed E-state index contributed by atoms with van der Waals surface area (Å²) in [5.41, 5.74) is 1.36. The Morgan fingerprint density at radius 3 is 2.79 bits per heavy atom. The highest BCUT2D eigenvalue weighted by atomic mass is 16.3. The largest absolute Gasteiger partial charge is 0.394 e. The first-order chi connectivity index (χ1) is 11.6. The van der Waals surface area contributed by atoms with Crippen LogP contribution in [0.15, 0.2) is 30.3 Å². The summed E-state index contributed by atoms with van der Waals surface area (Å²) in [6.07, 6.45) is 4.19. The van der Waals surface area contributed by atoms with Gasteiger partial charge in [0.2, 0.25) is 5.91 Å². The zero-order valence-electron chi connectivity index (χ0n) is 14.9. The van der Waals surface area contributed by atoms with Gasteiger partial charge in [-0.2, -0.15) is 0 Å². The van der Waals surface area contributed by atoms with Crippen LogP contribution in [0.5, 0.6) is 0 Å². The summed E-state index contributed by atoms with van der Waals surface area (Å²) in [6, 6.07) is 10.2. The van der Waals surface area contributed by atoms with Gasteiger partial charge in [0.15, 0.2) is 0 Å². The molecule has 1 aromatic rings. The Labute approximate surface area is 145 Å². The van der Waals surface area contributed by atoms with E-state index < -0.39 is 0 Å². The normalized spacial score (nSPS) is 22.3. The molecule has 3 atom stereocenters. The Morgan fingerprint density at radius 1 is 1.38 bits per heavy atom. The van der Waals surface area contributed by atoms with Crippen LogP contribution < -0.4 is 10.6 Å². The van der Waals surface area contributed by atoms with Gasteiger partial charge < -0.3 is 20.6 Å². The van der Waals surface area contributed by atoms with E-state index in [1.165, 1.54) is 5.56 Å². The maximum atomic E-state index is 12.5. The molecule has 0 radical (unpaired) electrons. The number of rotatable bonds is 8. The second kappa shape index (κ2) is 9.77. The Morgan fingerprint density at radius 2 is 2.12 bits per heavy atom. The second-order valence-corrected chi connectivity index (χ2v) is 7.07. The minimum Gasteiger partial charge on any atom is -0.394 e. The molecule has 2 unspecified atom stereocenters. The number of hydrogen-bond donors (Lipinski definition) is 3. The number of carbonyl (C=O) groups is 1. The molecule has 0 saturated carbocycles. The lowest BCUT2D eigenvalue weighted by Crippen LogP contribution is -2.53. The van der Waals surface area contributed by atoms with Crippen LogP contribution in [0.25, 0.3) is 0 Å². The zero-order chi connectivity index (χ0) is 17.4. The van der Waals surface area contributed by atoms with E-state index >= 15 is 0 Å². The van der Waals surface area contributed by atoms with Gasteiger partial charge in [0.25, 0.3) is 0 Å². The fourth-order valence-electron chi connectivity index (χ4n) is 3.37. The number of aliphatic hydroxyl groups excluding tert-OH is 1. The van der Waals surface area contributed by atoms with Crippen molar-refractivity contribution in [2.75, 3.05) is 33.8 Å². The molecule has 134 valence electrons. The highest BCUT2D eigenvalue weighted by Gasteiger charge is 2.27. The number of aryl methyl sites for hydroxylation is 1. The first-order valence-electron chi connectivity index (χ1n) is 8.91. The number of benzene rings is 1. The Balaban J connectivity index is 1.80. The third kappa shape index (κ3) is 6.23. The monoisotopic (exact) mass is 333 g/mol. The van der Waals surface area contributed by atoms with Crippen LogP contribution in [0.3, 0.4) is 0 Å². The number of hydrogen-bond acceptors (Lipinski definition) is 4. The predicted molar refractivity (Wildman–Crippen MR) is 96.8 cm³/mol. The van der Waals surface area contributed by atoms with Gasteiger partial charge in [-0.15, -0.1) is 0 Å². The SMILES string of the molecule is CN(C)C[C@@H](CO)NC(=O)C1CC(CCc2ccccc2)CCN1. The van der Waals surface area contributed by atoms with Crippen LogP contribution in [0.2, 0.25) is 0 Å². The van der Waals surface area contributed by atoms with Crippen LogP contribution in [0, 0.1) is 5.92 Å². The van der Waals surface area contributed by atoms with E-state index in [0.29, 0.717) is 12.5 Å². The molecule has 5 heteroatoms. The first kappa shape index (κ1) is 18.9. The topological polar surface area (TPSA) is 64.6 Å². The van der Waals surface area contributed by atoms with Crippen LogP contribution in [-0.2, 0) is 11.2 Å². The van der Waals surface area contributed by atoms with Crippen molar-refractivity contribution >= 4 is 5.91 Å². The van der Waals surface area contributed by atoms with Crippen molar-refractivity contribution in [1.29, 1.82) is 0 Å². The number of carbonyl (C=O) groups excluding carboxylic acids is 1. The summed E-state index contributed by atoms with van der Waals surface area (Å²) in [5, 5.41) is 15.7. The predicted octanol–water partition coefficient (Wildman–Crippen LogP) is 1.03. The first-order valence-corrected chi connectivity index (χ1v) is 8.91. The van der Waals surface area contributed by atoms with E-state index in [4.69, 9.17) is 0 Å². The Hall–Kier alpha value is -1.43. The number of nitrogens with zero attached hydrogens (tertiary/aromatic N) is 1. The third-order valence-electron chi connectivity index (χ3n) is 4.67. The summed E-state index contributed by atoms with van der Waals surface area (Å²) in [7, 11) is 3.88. The molecule has 0 spiro atoms. The highest BCUT2D eigenvalue weighted by molar-refractivity contribution is 5.82. The number of piperidine rings is 1. The van der Waals surface area contributed by atoms with Gasteiger partial charge in [-0.1, -0.05) is 30.3 Å². The van der Waals surface area contributed by atoms with Gasteiger partial charge >= 0.3 is 0 Å². The number of likely N-dealkylation sites (N-methyl/N-ethyl adjacent to an activating group) is 1. The van der Waals surface area contributed by atoms with Crippen LogP contribution >= 0.6 is 0 Å². The summed E-state index contributed by atoms with van der Waals surface area (Å²) in [5.74, 6) is 0.587. The molecule has 2 rings (SSSR count). The van der Waals surface area contributed by atoms with Crippen molar-refractivity contribution < 1.29 is 9.90 Å². The quantitative estimate of drug-likeness (QED) is 0.665. The van der Waals surface area contributed by atoms with Crippen molar-refractivity contribution in [3.8, 4) is 0 Å². The smallest absolute Gasteiger partial charge is 0.237 e. The van der Waals surface area contributed by atoms with Gasteiger partial charge in [0, 0.05) is 6.54 Å². The Bertz CT molecular complexity index is 493. The van der Waals surface area contributed by atoms with Crippen LogP contribution in [0.1, 0.15) is 24.8 Å². The molecule has 1 aliphatic heterocycles. The van der Waals surface area contributed by atoms with Gasteiger partial charge in [-0.25, -0.2) is 0 Å². The zero-order valence-corrected chi connectivity index (χ0v) is 14.9. The van der Waals surface area contributed by atoms with E-state index in [1.54, 1.807) is 0 Å².